The fraction of sp³-hybridized carbons (Fsp3) is 1.00. The lowest BCUT2D eigenvalue weighted by Gasteiger charge is -2.09. The second-order valence-electron chi connectivity index (χ2n) is 6.14. The quantitative estimate of drug-likeness (QED) is 0.495. The van der Waals surface area contributed by atoms with Gasteiger partial charge in [-0.05, 0) is 18.9 Å². The van der Waals surface area contributed by atoms with Gasteiger partial charge in [0.1, 0.15) is 0 Å². The van der Waals surface area contributed by atoms with Gasteiger partial charge in [0, 0.05) is 0 Å². The molecule has 0 rings (SSSR count). The van der Waals surface area contributed by atoms with Crippen molar-refractivity contribution in [3.05, 3.63) is 0 Å². The van der Waals surface area contributed by atoms with Crippen molar-refractivity contribution in [2.24, 2.45) is 11.7 Å². The molecule has 0 saturated heterocycles. The maximum atomic E-state index is 11.8. The normalized spacial score (nSPS) is 13.6. The third-order valence-electron chi connectivity index (χ3n) is 3.75. The van der Waals surface area contributed by atoms with E-state index in [1.165, 1.54) is 51.4 Å². The number of sulfone groups is 1. The van der Waals surface area contributed by atoms with Gasteiger partial charge < -0.3 is 5.73 Å². The van der Waals surface area contributed by atoms with Crippen LogP contribution in [0.15, 0.2) is 0 Å². The number of unbranched alkanes of at least 4 members (excludes halogenated alkanes) is 9. The monoisotopic (exact) mass is 305 g/mol. The minimum absolute atomic E-state index is 0.0862. The van der Waals surface area contributed by atoms with E-state index in [-0.39, 0.29) is 11.7 Å². The van der Waals surface area contributed by atoms with E-state index in [0.29, 0.717) is 12.3 Å². The number of nitrogens with two attached hydrogens (primary N) is 1. The molecule has 0 aromatic heterocycles. The van der Waals surface area contributed by atoms with Crippen molar-refractivity contribution in [3.63, 3.8) is 0 Å². The maximum Gasteiger partial charge on any atom is 0.150 e. The summed E-state index contributed by atoms with van der Waals surface area (Å²) in [5, 5.41) is 0. The molecule has 0 saturated carbocycles. The van der Waals surface area contributed by atoms with Gasteiger partial charge in [0.15, 0.2) is 9.84 Å². The Balaban J connectivity index is 3.39. The van der Waals surface area contributed by atoms with Crippen LogP contribution in [-0.4, -0.2) is 26.5 Å². The molecule has 2 N–H and O–H groups in total. The SMILES string of the molecule is CCCCCCCCCCCCS(=O)(=O)CC(C)CN. The van der Waals surface area contributed by atoms with Crippen LogP contribution in [0, 0.1) is 5.92 Å². The smallest absolute Gasteiger partial charge is 0.150 e. The highest BCUT2D eigenvalue weighted by atomic mass is 32.2. The molecular formula is C16H35NO2S. The summed E-state index contributed by atoms with van der Waals surface area (Å²) in [5.41, 5.74) is 5.47. The highest BCUT2D eigenvalue weighted by Gasteiger charge is 2.14. The molecule has 20 heavy (non-hydrogen) atoms. The fourth-order valence-corrected chi connectivity index (χ4v) is 4.21. The van der Waals surface area contributed by atoms with E-state index < -0.39 is 9.84 Å². The van der Waals surface area contributed by atoms with E-state index in [1.807, 2.05) is 6.92 Å². The zero-order valence-electron chi connectivity index (χ0n) is 13.6. The molecule has 3 nitrogen and oxygen atoms in total. The largest absolute Gasteiger partial charge is 0.330 e. The summed E-state index contributed by atoms with van der Waals surface area (Å²) in [6, 6.07) is 0. The number of hydrogen-bond donors (Lipinski definition) is 1. The molecule has 0 amide bonds. The average Bonchev–Trinajstić information content (AvgIpc) is 2.40. The van der Waals surface area contributed by atoms with E-state index in [2.05, 4.69) is 6.92 Å². The average molecular weight is 306 g/mol. The van der Waals surface area contributed by atoms with Gasteiger partial charge in [0.2, 0.25) is 0 Å². The molecule has 0 bridgehead atoms. The van der Waals surface area contributed by atoms with Crippen LogP contribution in [-0.2, 0) is 9.84 Å². The van der Waals surface area contributed by atoms with Crippen LogP contribution < -0.4 is 5.73 Å². The first-order chi connectivity index (χ1) is 9.52. The molecule has 0 spiro atoms. The molecule has 0 radical (unpaired) electrons. The summed E-state index contributed by atoms with van der Waals surface area (Å²) >= 11 is 0. The minimum atomic E-state index is -2.88. The lowest BCUT2D eigenvalue weighted by Crippen LogP contribution is -2.22. The van der Waals surface area contributed by atoms with E-state index in [1.54, 1.807) is 0 Å². The first kappa shape index (κ1) is 19.9. The molecule has 0 aromatic carbocycles. The molecule has 0 aromatic rings. The molecule has 0 aliphatic heterocycles. The van der Waals surface area contributed by atoms with Crippen molar-refractivity contribution >= 4 is 9.84 Å². The molecule has 0 aliphatic rings. The number of rotatable bonds is 14. The first-order valence-corrected chi connectivity index (χ1v) is 10.2. The first-order valence-electron chi connectivity index (χ1n) is 8.42. The highest BCUT2D eigenvalue weighted by molar-refractivity contribution is 7.91. The Morgan fingerprint density at radius 1 is 0.850 bits per heavy atom. The van der Waals surface area contributed by atoms with Crippen LogP contribution in [0.2, 0.25) is 0 Å². The zero-order valence-corrected chi connectivity index (χ0v) is 14.4. The van der Waals surface area contributed by atoms with E-state index in [0.717, 1.165) is 12.8 Å². The number of hydrogen-bond acceptors (Lipinski definition) is 3. The zero-order chi connectivity index (χ0) is 15.3. The van der Waals surface area contributed by atoms with Crippen molar-refractivity contribution in [2.75, 3.05) is 18.1 Å². The van der Waals surface area contributed by atoms with Crippen molar-refractivity contribution in [3.8, 4) is 0 Å². The van der Waals surface area contributed by atoms with E-state index >= 15 is 0 Å². The van der Waals surface area contributed by atoms with Gasteiger partial charge in [-0.1, -0.05) is 71.6 Å². The van der Waals surface area contributed by atoms with Gasteiger partial charge in [-0.25, -0.2) is 8.42 Å². The Kier molecular flexibility index (Phi) is 12.6. The molecule has 0 aliphatic carbocycles. The Bertz CT molecular complexity index is 302. The van der Waals surface area contributed by atoms with Crippen molar-refractivity contribution in [2.45, 2.75) is 78.1 Å². The molecular weight excluding hydrogens is 270 g/mol. The summed E-state index contributed by atoms with van der Waals surface area (Å²) in [4.78, 5) is 0. The van der Waals surface area contributed by atoms with Gasteiger partial charge in [-0.15, -0.1) is 0 Å². The van der Waals surface area contributed by atoms with Crippen LogP contribution in [0.25, 0.3) is 0 Å². The lowest BCUT2D eigenvalue weighted by atomic mass is 10.1. The van der Waals surface area contributed by atoms with Gasteiger partial charge in [0.05, 0.1) is 11.5 Å². The lowest BCUT2D eigenvalue weighted by molar-refractivity contribution is 0.553. The minimum Gasteiger partial charge on any atom is -0.330 e. The summed E-state index contributed by atoms with van der Waals surface area (Å²) < 4.78 is 23.6. The molecule has 1 atom stereocenters. The van der Waals surface area contributed by atoms with Crippen molar-refractivity contribution < 1.29 is 8.42 Å². The summed E-state index contributed by atoms with van der Waals surface area (Å²) in [5.74, 6) is 0.678. The molecule has 0 fully saturated rings. The Hall–Kier alpha value is -0.0900. The van der Waals surface area contributed by atoms with Gasteiger partial charge in [-0.3, -0.25) is 0 Å². The van der Waals surface area contributed by atoms with Crippen LogP contribution in [0.1, 0.15) is 78.1 Å². The highest BCUT2D eigenvalue weighted by Crippen LogP contribution is 2.11. The molecule has 0 heterocycles. The predicted molar refractivity (Wildman–Crippen MR) is 88.7 cm³/mol. The molecule has 122 valence electrons. The molecule has 4 heteroatoms. The fourth-order valence-electron chi connectivity index (χ4n) is 2.39. The summed E-state index contributed by atoms with van der Waals surface area (Å²) in [6.45, 7) is 4.59. The third-order valence-corrected chi connectivity index (χ3v) is 5.74. The Morgan fingerprint density at radius 3 is 1.75 bits per heavy atom. The topological polar surface area (TPSA) is 60.2 Å². The van der Waals surface area contributed by atoms with Crippen LogP contribution >= 0.6 is 0 Å². The van der Waals surface area contributed by atoms with Crippen LogP contribution in [0.4, 0.5) is 0 Å². The second kappa shape index (κ2) is 12.6. The Labute approximate surface area is 126 Å². The van der Waals surface area contributed by atoms with Crippen molar-refractivity contribution in [1.29, 1.82) is 0 Å². The summed E-state index contributed by atoms with van der Waals surface area (Å²) in [6.07, 6.45) is 12.3. The van der Waals surface area contributed by atoms with Crippen LogP contribution in [0.3, 0.4) is 0 Å². The maximum absolute atomic E-state index is 11.8. The third kappa shape index (κ3) is 12.9. The standard InChI is InChI=1S/C16H35NO2S/c1-3-4-5-6-7-8-9-10-11-12-13-20(18,19)15-16(2)14-17/h16H,3-15,17H2,1-2H3. The van der Waals surface area contributed by atoms with Gasteiger partial charge in [-0.2, -0.15) is 0 Å². The second-order valence-corrected chi connectivity index (χ2v) is 8.37. The van der Waals surface area contributed by atoms with E-state index in [9.17, 15) is 8.42 Å². The van der Waals surface area contributed by atoms with Crippen LogP contribution in [0.5, 0.6) is 0 Å². The van der Waals surface area contributed by atoms with Gasteiger partial charge >= 0.3 is 0 Å². The van der Waals surface area contributed by atoms with Crippen molar-refractivity contribution in [1.82, 2.24) is 0 Å². The Morgan fingerprint density at radius 2 is 1.30 bits per heavy atom. The van der Waals surface area contributed by atoms with E-state index in [4.69, 9.17) is 5.73 Å². The van der Waals surface area contributed by atoms with Gasteiger partial charge in [0.25, 0.3) is 0 Å². The molecule has 1 unspecified atom stereocenters. The summed E-state index contributed by atoms with van der Waals surface area (Å²) in [7, 11) is -2.88. The predicted octanol–water partition coefficient (Wildman–Crippen LogP) is 3.92.